The van der Waals surface area contributed by atoms with Gasteiger partial charge in [0.15, 0.2) is 28.5 Å². The highest BCUT2D eigenvalue weighted by Crippen LogP contribution is 2.41. The van der Waals surface area contributed by atoms with Crippen molar-refractivity contribution in [2.75, 3.05) is 38.5 Å². The summed E-state index contributed by atoms with van der Waals surface area (Å²) >= 11 is 1.62. The molecule has 4 rings (SSSR count). The molecule has 0 unspecified atom stereocenters. The fourth-order valence-corrected chi connectivity index (χ4v) is 3.73. The molecule has 0 amide bonds. The number of hydrogen-bond acceptors (Lipinski definition) is 9. The van der Waals surface area contributed by atoms with E-state index in [1.54, 1.807) is 39.0 Å². The summed E-state index contributed by atoms with van der Waals surface area (Å²) in [5, 5.41) is 10.6. The summed E-state index contributed by atoms with van der Waals surface area (Å²) in [5.74, 6) is 2.69. The molecule has 3 aromatic heterocycles. The topological polar surface area (TPSA) is 95.4 Å². The zero-order chi connectivity index (χ0) is 21.1. The molecule has 3 heterocycles. The van der Waals surface area contributed by atoms with Gasteiger partial charge in [0.1, 0.15) is 6.33 Å². The number of thiophene rings is 1. The fourth-order valence-electron chi connectivity index (χ4n) is 3.10. The van der Waals surface area contributed by atoms with E-state index in [2.05, 4.69) is 25.6 Å². The van der Waals surface area contributed by atoms with Crippen molar-refractivity contribution in [2.24, 2.45) is 0 Å². The predicted molar refractivity (Wildman–Crippen MR) is 118 cm³/mol. The van der Waals surface area contributed by atoms with Crippen molar-refractivity contribution in [1.29, 1.82) is 0 Å². The number of anilines is 3. The second kappa shape index (κ2) is 8.46. The maximum atomic E-state index is 5.45. The number of hydrogen-bond donors (Lipinski definition) is 2. The van der Waals surface area contributed by atoms with Gasteiger partial charge in [-0.2, -0.15) is 21.3 Å². The first-order chi connectivity index (χ1) is 14.7. The average Bonchev–Trinajstić information content (AvgIpc) is 3.43. The van der Waals surface area contributed by atoms with Gasteiger partial charge < -0.3 is 24.8 Å². The molecule has 0 atom stereocenters. The number of ether oxygens (including phenoxy) is 3. The van der Waals surface area contributed by atoms with Crippen molar-refractivity contribution in [3.05, 3.63) is 35.3 Å². The van der Waals surface area contributed by atoms with Gasteiger partial charge in [-0.15, -0.1) is 0 Å². The summed E-state index contributed by atoms with van der Waals surface area (Å²) in [7, 11) is 4.73. The van der Waals surface area contributed by atoms with E-state index in [1.807, 2.05) is 40.5 Å². The van der Waals surface area contributed by atoms with Crippen LogP contribution in [0.2, 0.25) is 0 Å². The number of nitrogens with zero attached hydrogens (tertiary/aromatic N) is 4. The summed E-state index contributed by atoms with van der Waals surface area (Å²) in [4.78, 5) is 13.8. The van der Waals surface area contributed by atoms with Gasteiger partial charge in [-0.05, 0) is 18.4 Å². The number of methoxy groups -OCH3 is 3. The van der Waals surface area contributed by atoms with Crippen LogP contribution in [0.15, 0.2) is 35.3 Å². The summed E-state index contributed by atoms with van der Waals surface area (Å²) in [6, 6.07) is 5.66. The van der Waals surface area contributed by atoms with Gasteiger partial charge in [0.25, 0.3) is 0 Å². The highest BCUT2D eigenvalue weighted by molar-refractivity contribution is 7.08. The zero-order valence-electron chi connectivity index (χ0n) is 17.1. The Morgan fingerprint density at radius 2 is 1.83 bits per heavy atom. The molecule has 156 valence electrons. The third-order valence-corrected chi connectivity index (χ3v) is 5.11. The Hall–Kier alpha value is -3.53. The van der Waals surface area contributed by atoms with E-state index < -0.39 is 0 Å². The normalized spacial score (nSPS) is 10.8. The maximum Gasteiger partial charge on any atom is 0.226 e. The minimum Gasteiger partial charge on any atom is -0.493 e. The summed E-state index contributed by atoms with van der Waals surface area (Å²) in [6.07, 6.45) is 1.75. The van der Waals surface area contributed by atoms with Crippen LogP contribution in [-0.2, 0) is 0 Å². The van der Waals surface area contributed by atoms with Crippen molar-refractivity contribution in [1.82, 2.24) is 19.5 Å². The van der Waals surface area contributed by atoms with Crippen LogP contribution < -0.4 is 24.8 Å². The van der Waals surface area contributed by atoms with Crippen LogP contribution in [0.1, 0.15) is 6.92 Å². The Kier molecular flexibility index (Phi) is 5.57. The molecule has 0 aliphatic heterocycles. The number of nitrogens with one attached hydrogen (secondary N) is 2. The Morgan fingerprint density at radius 3 is 2.43 bits per heavy atom. The van der Waals surface area contributed by atoms with Crippen molar-refractivity contribution in [2.45, 2.75) is 6.92 Å². The number of imidazole rings is 1. The van der Waals surface area contributed by atoms with Crippen LogP contribution in [0.3, 0.4) is 0 Å². The lowest BCUT2D eigenvalue weighted by Crippen LogP contribution is -2.06. The van der Waals surface area contributed by atoms with E-state index in [9.17, 15) is 0 Å². The maximum absolute atomic E-state index is 5.45. The molecular weight excluding hydrogens is 404 g/mol. The standard InChI is InChI=1S/C20H22N6O3S/c1-5-21-20-24-18(16-19(25-20)26(11-22-16)13-6-7-30-10-13)23-12-8-14(27-2)17(29-4)15(9-12)28-3/h6-11H,5H2,1-4H3,(H2,21,23,24,25). The molecule has 0 fully saturated rings. The monoisotopic (exact) mass is 426 g/mol. The molecule has 30 heavy (non-hydrogen) atoms. The van der Waals surface area contributed by atoms with Crippen molar-refractivity contribution < 1.29 is 14.2 Å². The summed E-state index contributed by atoms with van der Waals surface area (Å²) in [6.45, 7) is 2.69. The SMILES string of the molecule is CCNc1nc(Nc2cc(OC)c(OC)c(OC)c2)c2ncn(-c3ccsc3)c2n1. The Bertz CT molecular complexity index is 1130. The molecule has 10 heteroatoms. The molecule has 4 aromatic rings. The molecule has 0 spiro atoms. The van der Waals surface area contributed by atoms with Gasteiger partial charge in [0.2, 0.25) is 11.7 Å². The number of fused-ring (bicyclic) bond motifs is 1. The van der Waals surface area contributed by atoms with Gasteiger partial charge >= 0.3 is 0 Å². The molecule has 0 aliphatic carbocycles. The van der Waals surface area contributed by atoms with Gasteiger partial charge in [0.05, 0.1) is 27.0 Å². The van der Waals surface area contributed by atoms with Crippen LogP contribution in [-0.4, -0.2) is 47.4 Å². The third-order valence-electron chi connectivity index (χ3n) is 4.44. The van der Waals surface area contributed by atoms with Crippen LogP contribution in [0.4, 0.5) is 17.5 Å². The van der Waals surface area contributed by atoms with Crippen molar-refractivity contribution in [3.8, 4) is 22.9 Å². The smallest absolute Gasteiger partial charge is 0.226 e. The number of aromatic nitrogens is 4. The minimum atomic E-state index is 0.511. The lowest BCUT2D eigenvalue weighted by molar-refractivity contribution is 0.324. The average molecular weight is 427 g/mol. The summed E-state index contributed by atoms with van der Waals surface area (Å²) in [5.41, 5.74) is 3.07. The molecular formula is C20H22N6O3S. The highest BCUT2D eigenvalue weighted by Gasteiger charge is 2.17. The molecule has 0 aliphatic rings. The van der Waals surface area contributed by atoms with E-state index in [4.69, 9.17) is 14.2 Å². The van der Waals surface area contributed by atoms with Gasteiger partial charge in [-0.3, -0.25) is 4.57 Å². The quantitative estimate of drug-likeness (QED) is 0.435. The van der Waals surface area contributed by atoms with E-state index in [0.717, 1.165) is 11.4 Å². The highest BCUT2D eigenvalue weighted by atomic mass is 32.1. The van der Waals surface area contributed by atoms with E-state index >= 15 is 0 Å². The minimum absolute atomic E-state index is 0.511. The Morgan fingerprint density at radius 1 is 1.07 bits per heavy atom. The second-order valence-corrected chi connectivity index (χ2v) is 7.01. The Balaban J connectivity index is 1.83. The first kappa shape index (κ1) is 19.8. The lowest BCUT2D eigenvalue weighted by Gasteiger charge is -2.15. The first-order valence-electron chi connectivity index (χ1n) is 9.27. The first-order valence-corrected chi connectivity index (χ1v) is 10.2. The van der Waals surface area contributed by atoms with Crippen LogP contribution in [0.5, 0.6) is 17.2 Å². The predicted octanol–water partition coefficient (Wildman–Crippen LogP) is 4.08. The van der Waals surface area contributed by atoms with E-state index in [0.29, 0.717) is 46.7 Å². The zero-order valence-corrected chi connectivity index (χ0v) is 17.9. The Labute approximate surface area is 177 Å². The van der Waals surface area contributed by atoms with Crippen molar-refractivity contribution >= 4 is 40.0 Å². The third kappa shape index (κ3) is 3.57. The lowest BCUT2D eigenvalue weighted by atomic mass is 10.2. The van der Waals surface area contributed by atoms with Crippen LogP contribution in [0, 0.1) is 0 Å². The van der Waals surface area contributed by atoms with E-state index in [1.165, 1.54) is 0 Å². The number of rotatable bonds is 8. The fraction of sp³-hybridized carbons (Fsp3) is 0.250. The molecule has 9 nitrogen and oxygen atoms in total. The van der Waals surface area contributed by atoms with E-state index in [-0.39, 0.29) is 0 Å². The molecule has 0 saturated heterocycles. The van der Waals surface area contributed by atoms with Crippen LogP contribution >= 0.6 is 11.3 Å². The largest absolute Gasteiger partial charge is 0.493 e. The number of benzene rings is 1. The van der Waals surface area contributed by atoms with Gasteiger partial charge in [0, 0.05) is 29.7 Å². The molecule has 1 aromatic carbocycles. The summed E-state index contributed by atoms with van der Waals surface area (Å²) < 4.78 is 18.2. The van der Waals surface area contributed by atoms with Gasteiger partial charge in [-0.25, -0.2) is 4.98 Å². The molecule has 0 radical (unpaired) electrons. The van der Waals surface area contributed by atoms with Crippen molar-refractivity contribution in [3.63, 3.8) is 0 Å². The molecule has 0 bridgehead atoms. The molecule has 0 saturated carbocycles. The second-order valence-electron chi connectivity index (χ2n) is 6.23. The van der Waals surface area contributed by atoms with Crippen LogP contribution in [0.25, 0.3) is 16.9 Å². The molecule has 2 N–H and O–H groups in total. The van der Waals surface area contributed by atoms with Gasteiger partial charge in [-0.1, -0.05) is 0 Å².